The molecule has 0 radical (unpaired) electrons. The summed E-state index contributed by atoms with van der Waals surface area (Å²) >= 11 is 0. The SMILES string of the molecule is CCC1CC[NH+](Cc2nc(C(O)(c3ccccc3)C3CCCCC3)no2)CC1OCc1ccc(F)cc1. The normalized spacial score (nSPS) is 24.6. The van der Waals surface area contributed by atoms with E-state index in [1.807, 2.05) is 30.3 Å². The maximum absolute atomic E-state index is 13.3. The van der Waals surface area contributed by atoms with Crippen LogP contribution in [0.2, 0.25) is 0 Å². The van der Waals surface area contributed by atoms with Crippen molar-refractivity contribution < 1.29 is 23.7 Å². The fraction of sp³-hybridized carbons (Fsp3) is 0.533. The summed E-state index contributed by atoms with van der Waals surface area (Å²) < 4.78 is 25.3. The number of likely N-dealkylation sites (tertiary alicyclic amines) is 1. The van der Waals surface area contributed by atoms with Gasteiger partial charge in [-0.15, -0.1) is 0 Å². The Kier molecular flexibility index (Phi) is 8.33. The first-order chi connectivity index (χ1) is 18.1. The summed E-state index contributed by atoms with van der Waals surface area (Å²) in [6, 6.07) is 16.3. The Bertz CT molecular complexity index is 1120. The second-order valence-electron chi connectivity index (χ2n) is 10.8. The molecule has 1 saturated heterocycles. The first kappa shape index (κ1) is 26.0. The van der Waals surface area contributed by atoms with Crippen LogP contribution in [0.4, 0.5) is 4.39 Å². The average Bonchev–Trinajstić information content (AvgIpc) is 3.42. The molecule has 2 N–H and O–H groups in total. The number of quaternary nitrogens is 1. The lowest BCUT2D eigenvalue weighted by molar-refractivity contribution is -0.924. The molecule has 4 atom stereocenters. The van der Waals surface area contributed by atoms with E-state index >= 15 is 0 Å². The highest BCUT2D eigenvalue weighted by atomic mass is 19.1. The molecular formula is C30H39FN3O3+. The van der Waals surface area contributed by atoms with Crippen molar-refractivity contribution in [1.29, 1.82) is 0 Å². The van der Waals surface area contributed by atoms with E-state index in [0.717, 1.165) is 62.7 Å². The molecule has 2 fully saturated rings. The standard InChI is InChI=1S/C30H38FN3O3/c1-2-23-17-18-34(19-27(23)36-21-22-13-15-26(31)16-14-22)20-28-32-29(33-37-28)30(35,24-9-5-3-6-10-24)25-11-7-4-8-12-25/h3,5-6,9-10,13-16,23,25,27,35H,2,4,7-8,11-12,17-21H2,1H3/p+1. The zero-order valence-corrected chi connectivity index (χ0v) is 21.7. The molecule has 2 aromatic carbocycles. The van der Waals surface area contributed by atoms with Crippen molar-refractivity contribution in [2.75, 3.05) is 13.1 Å². The zero-order chi connectivity index (χ0) is 25.7. The van der Waals surface area contributed by atoms with Crippen molar-refractivity contribution in [2.24, 2.45) is 11.8 Å². The average molecular weight is 509 g/mol. The van der Waals surface area contributed by atoms with Crippen molar-refractivity contribution in [3.8, 4) is 0 Å². The summed E-state index contributed by atoms with van der Waals surface area (Å²) in [7, 11) is 0. The number of ether oxygens (including phenoxy) is 1. The Hall–Kier alpha value is -2.61. The third kappa shape index (κ3) is 5.95. The number of nitrogens with one attached hydrogen (secondary N) is 1. The van der Waals surface area contributed by atoms with Gasteiger partial charge in [0.05, 0.1) is 13.2 Å². The third-order valence-corrected chi connectivity index (χ3v) is 8.41. The number of hydrogen-bond donors (Lipinski definition) is 2. The molecule has 0 bridgehead atoms. The molecule has 2 aliphatic rings. The van der Waals surface area contributed by atoms with E-state index in [0.29, 0.717) is 30.8 Å². The monoisotopic (exact) mass is 508 g/mol. The van der Waals surface area contributed by atoms with Crippen LogP contribution in [0.5, 0.6) is 0 Å². The Morgan fingerprint density at radius 1 is 1.05 bits per heavy atom. The molecule has 7 heteroatoms. The second-order valence-corrected chi connectivity index (χ2v) is 10.8. The molecule has 1 aliphatic carbocycles. The molecule has 37 heavy (non-hydrogen) atoms. The van der Waals surface area contributed by atoms with Crippen LogP contribution in [0, 0.1) is 17.7 Å². The molecule has 6 nitrogen and oxygen atoms in total. The molecule has 5 rings (SSSR count). The molecule has 1 aromatic heterocycles. The Morgan fingerprint density at radius 3 is 2.54 bits per heavy atom. The maximum atomic E-state index is 13.3. The minimum absolute atomic E-state index is 0.0750. The molecule has 0 spiro atoms. The lowest BCUT2D eigenvalue weighted by Crippen LogP contribution is -3.13. The van der Waals surface area contributed by atoms with E-state index in [1.165, 1.54) is 23.5 Å². The first-order valence-corrected chi connectivity index (χ1v) is 13.9. The summed E-state index contributed by atoms with van der Waals surface area (Å²) in [5.74, 6) is 1.28. The predicted octanol–water partition coefficient (Wildman–Crippen LogP) is 4.43. The number of halogens is 1. The van der Waals surface area contributed by atoms with Gasteiger partial charge in [-0.25, -0.2) is 4.39 Å². The van der Waals surface area contributed by atoms with Crippen LogP contribution in [0.3, 0.4) is 0 Å². The first-order valence-electron chi connectivity index (χ1n) is 13.9. The van der Waals surface area contributed by atoms with Gasteiger partial charge < -0.3 is 19.3 Å². The molecule has 0 amide bonds. The third-order valence-electron chi connectivity index (χ3n) is 8.41. The number of benzene rings is 2. The van der Waals surface area contributed by atoms with E-state index in [4.69, 9.17) is 14.2 Å². The highest BCUT2D eigenvalue weighted by molar-refractivity contribution is 5.30. The Morgan fingerprint density at radius 2 is 1.81 bits per heavy atom. The highest BCUT2D eigenvalue weighted by Crippen LogP contribution is 2.42. The van der Waals surface area contributed by atoms with Crippen LogP contribution >= 0.6 is 0 Å². The Labute approximate surface area is 218 Å². The van der Waals surface area contributed by atoms with Gasteiger partial charge in [0.15, 0.2) is 12.1 Å². The fourth-order valence-electron chi connectivity index (χ4n) is 6.19. The molecule has 1 saturated carbocycles. The van der Waals surface area contributed by atoms with Crippen molar-refractivity contribution in [2.45, 2.75) is 76.7 Å². The van der Waals surface area contributed by atoms with E-state index in [-0.39, 0.29) is 17.8 Å². The van der Waals surface area contributed by atoms with Crippen LogP contribution < -0.4 is 4.90 Å². The summed E-state index contributed by atoms with van der Waals surface area (Å²) in [6.45, 7) is 5.16. The minimum atomic E-state index is -1.24. The van der Waals surface area contributed by atoms with Gasteiger partial charge in [-0.2, -0.15) is 4.98 Å². The smallest absolute Gasteiger partial charge is 0.281 e. The van der Waals surface area contributed by atoms with Crippen LogP contribution in [0.15, 0.2) is 59.1 Å². The molecule has 4 unspecified atom stereocenters. The van der Waals surface area contributed by atoms with Gasteiger partial charge in [0.2, 0.25) is 5.82 Å². The number of hydrogen-bond acceptors (Lipinski definition) is 5. The summed E-state index contributed by atoms with van der Waals surface area (Å²) in [5.41, 5.74) is 0.571. The van der Waals surface area contributed by atoms with Crippen molar-refractivity contribution >= 4 is 0 Å². The topological polar surface area (TPSA) is 72.8 Å². The van der Waals surface area contributed by atoms with Gasteiger partial charge in [0.25, 0.3) is 5.89 Å². The number of nitrogens with zero attached hydrogens (tertiary/aromatic N) is 2. The lowest BCUT2D eigenvalue weighted by atomic mass is 9.73. The molecular weight excluding hydrogens is 469 g/mol. The molecule has 1 aliphatic heterocycles. The zero-order valence-electron chi connectivity index (χ0n) is 21.7. The van der Waals surface area contributed by atoms with Crippen LogP contribution in [0.25, 0.3) is 0 Å². The Balaban J connectivity index is 1.28. The summed E-state index contributed by atoms with van der Waals surface area (Å²) in [5, 5.41) is 16.4. The van der Waals surface area contributed by atoms with E-state index < -0.39 is 5.60 Å². The number of aliphatic hydroxyl groups is 1. The molecule has 198 valence electrons. The summed E-state index contributed by atoms with van der Waals surface area (Å²) in [6.07, 6.45) is 7.59. The molecule has 3 aromatic rings. The van der Waals surface area contributed by atoms with Gasteiger partial charge in [-0.1, -0.05) is 80.2 Å². The number of rotatable bonds is 9. The van der Waals surface area contributed by atoms with Gasteiger partial charge in [-0.3, -0.25) is 0 Å². The minimum Gasteiger partial charge on any atom is -0.377 e. The highest BCUT2D eigenvalue weighted by Gasteiger charge is 2.45. The quantitative estimate of drug-likeness (QED) is 0.448. The van der Waals surface area contributed by atoms with Crippen molar-refractivity contribution in [3.05, 3.63) is 83.3 Å². The van der Waals surface area contributed by atoms with Gasteiger partial charge in [0.1, 0.15) is 18.5 Å². The van der Waals surface area contributed by atoms with Gasteiger partial charge in [-0.05, 0) is 47.9 Å². The number of piperidine rings is 1. The molecule has 2 heterocycles. The maximum Gasteiger partial charge on any atom is 0.281 e. The van der Waals surface area contributed by atoms with Crippen LogP contribution in [-0.2, 0) is 23.5 Å². The van der Waals surface area contributed by atoms with Crippen LogP contribution in [-0.4, -0.2) is 34.4 Å². The second kappa shape index (κ2) is 11.8. The van der Waals surface area contributed by atoms with E-state index in [9.17, 15) is 9.50 Å². The van der Waals surface area contributed by atoms with E-state index in [2.05, 4.69) is 12.1 Å². The van der Waals surface area contributed by atoms with Crippen molar-refractivity contribution in [1.82, 2.24) is 10.1 Å². The largest absolute Gasteiger partial charge is 0.377 e. The van der Waals surface area contributed by atoms with Gasteiger partial charge >= 0.3 is 0 Å². The van der Waals surface area contributed by atoms with Crippen molar-refractivity contribution in [3.63, 3.8) is 0 Å². The van der Waals surface area contributed by atoms with Gasteiger partial charge in [0, 0.05) is 6.42 Å². The fourth-order valence-corrected chi connectivity index (χ4v) is 6.19. The van der Waals surface area contributed by atoms with E-state index in [1.54, 1.807) is 12.1 Å². The summed E-state index contributed by atoms with van der Waals surface area (Å²) in [4.78, 5) is 6.11. The lowest BCUT2D eigenvalue weighted by Gasteiger charge is -2.36. The number of aromatic nitrogens is 2. The van der Waals surface area contributed by atoms with Crippen LogP contribution in [0.1, 0.15) is 74.7 Å². The predicted molar refractivity (Wildman–Crippen MR) is 138 cm³/mol.